The van der Waals surface area contributed by atoms with E-state index in [2.05, 4.69) is 10.1 Å². The van der Waals surface area contributed by atoms with Crippen LogP contribution in [0.3, 0.4) is 0 Å². The summed E-state index contributed by atoms with van der Waals surface area (Å²) < 4.78 is 30.3. The predicted molar refractivity (Wildman–Crippen MR) is 130 cm³/mol. The Morgan fingerprint density at radius 2 is 1.63 bits per heavy atom. The Hall–Kier alpha value is -4.84. The van der Waals surface area contributed by atoms with Crippen LogP contribution in [0.4, 0.5) is 4.39 Å². The van der Waals surface area contributed by atoms with Gasteiger partial charge in [0.05, 0.1) is 12.8 Å². The van der Waals surface area contributed by atoms with E-state index in [0.717, 1.165) is 0 Å². The van der Waals surface area contributed by atoms with Crippen molar-refractivity contribution in [3.05, 3.63) is 111 Å². The molecule has 11 nitrogen and oxygen atoms in total. The summed E-state index contributed by atoms with van der Waals surface area (Å²) in [6.07, 6.45) is 2.72. The quantitative estimate of drug-likeness (QED) is 0.108. The molecule has 0 aliphatic carbocycles. The van der Waals surface area contributed by atoms with Crippen LogP contribution in [0.25, 0.3) is 0 Å². The number of benzene rings is 2. The van der Waals surface area contributed by atoms with E-state index < -0.39 is 41.3 Å². The first-order chi connectivity index (χ1) is 18.3. The van der Waals surface area contributed by atoms with Gasteiger partial charge in [0.25, 0.3) is 5.56 Å². The number of H-pyrrole nitrogens is 1. The molecule has 12 heteroatoms. The third kappa shape index (κ3) is 6.68. The summed E-state index contributed by atoms with van der Waals surface area (Å²) >= 11 is 0. The summed E-state index contributed by atoms with van der Waals surface area (Å²) in [4.78, 5) is 49.3. The monoisotopic (exact) mass is 523 g/mol. The molecule has 2 atom stereocenters. The smallest absolute Gasteiger partial charge is 0.330 e. The Morgan fingerprint density at radius 3 is 2.29 bits per heavy atom. The Balaban J connectivity index is 1.20. The van der Waals surface area contributed by atoms with Crippen molar-refractivity contribution in [2.24, 2.45) is 5.16 Å². The lowest BCUT2D eigenvalue weighted by atomic mass is 10.0. The van der Waals surface area contributed by atoms with E-state index in [0.29, 0.717) is 11.1 Å². The molecule has 2 N–H and O–H groups in total. The standard InChI is InChI=1S/C26H22FN3O8/c27-18-5-1-16(2-6-18)25(29-35)17-3-7-19(8-4-17)38-24(33)12-11-23(32)36-15-20-9-10-22(37-20)30-14-13-21(31)28-26(30)34/h1-10,13-14,20,22,35H,11-12,15H2,(H,28,31,34)/b29-25+. The van der Waals surface area contributed by atoms with Crippen LogP contribution in [0.1, 0.15) is 30.2 Å². The fourth-order valence-corrected chi connectivity index (χ4v) is 3.57. The summed E-state index contributed by atoms with van der Waals surface area (Å²) in [5.41, 5.74) is 0.0628. The third-order valence-corrected chi connectivity index (χ3v) is 5.45. The Morgan fingerprint density at radius 1 is 0.974 bits per heavy atom. The zero-order valence-corrected chi connectivity index (χ0v) is 19.8. The first-order valence-electron chi connectivity index (χ1n) is 11.4. The van der Waals surface area contributed by atoms with Crippen LogP contribution in [-0.2, 0) is 19.1 Å². The van der Waals surface area contributed by atoms with Crippen LogP contribution >= 0.6 is 0 Å². The molecule has 0 saturated heterocycles. The summed E-state index contributed by atoms with van der Waals surface area (Å²) in [6, 6.07) is 12.7. The normalized spacial score (nSPS) is 16.8. The number of aromatic amines is 1. The van der Waals surface area contributed by atoms with Crippen molar-refractivity contribution in [1.82, 2.24) is 9.55 Å². The second kappa shape index (κ2) is 11.9. The van der Waals surface area contributed by atoms with Crippen LogP contribution in [0.2, 0.25) is 0 Å². The number of hydrogen-bond acceptors (Lipinski definition) is 9. The second-order valence-corrected chi connectivity index (χ2v) is 8.10. The summed E-state index contributed by atoms with van der Waals surface area (Å²) in [5.74, 6) is -1.49. The van der Waals surface area contributed by atoms with Gasteiger partial charge in [0.1, 0.15) is 30.0 Å². The number of esters is 2. The molecule has 2 heterocycles. The lowest BCUT2D eigenvalue weighted by molar-refractivity contribution is -0.150. The van der Waals surface area contributed by atoms with Crippen molar-refractivity contribution in [1.29, 1.82) is 0 Å². The van der Waals surface area contributed by atoms with Gasteiger partial charge in [-0.3, -0.25) is 23.9 Å². The summed E-state index contributed by atoms with van der Waals surface area (Å²) in [5, 5.41) is 12.6. The molecule has 0 fully saturated rings. The highest BCUT2D eigenvalue weighted by Crippen LogP contribution is 2.20. The average molecular weight is 523 g/mol. The Bertz CT molecular complexity index is 1480. The first-order valence-corrected chi connectivity index (χ1v) is 11.4. The largest absolute Gasteiger partial charge is 0.463 e. The second-order valence-electron chi connectivity index (χ2n) is 8.10. The van der Waals surface area contributed by atoms with Gasteiger partial charge in [0.15, 0.2) is 6.23 Å². The number of hydrogen-bond donors (Lipinski definition) is 2. The number of halogens is 1. The molecule has 0 amide bonds. The molecule has 0 bridgehead atoms. The minimum atomic E-state index is -0.750. The van der Waals surface area contributed by atoms with Gasteiger partial charge in [-0.1, -0.05) is 11.2 Å². The fourth-order valence-electron chi connectivity index (χ4n) is 3.57. The number of carbonyl (C=O) groups is 2. The van der Waals surface area contributed by atoms with Crippen molar-refractivity contribution in [2.75, 3.05) is 6.61 Å². The molecule has 1 aromatic heterocycles. The number of ether oxygens (including phenoxy) is 3. The number of nitrogens with one attached hydrogen (secondary N) is 1. The number of oxime groups is 1. The van der Waals surface area contributed by atoms with Crippen LogP contribution in [-0.4, -0.2) is 45.1 Å². The zero-order valence-electron chi connectivity index (χ0n) is 19.8. The maximum atomic E-state index is 13.1. The number of aromatic nitrogens is 2. The summed E-state index contributed by atoms with van der Waals surface area (Å²) in [7, 11) is 0. The molecule has 2 unspecified atom stereocenters. The van der Waals surface area contributed by atoms with Crippen LogP contribution in [0.5, 0.6) is 5.75 Å². The molecule has 0 saturated carbocycles. The number of carbonyl (C=O) groups excluding carboxylic acids is 2. The van der Waals surface area contributed by atoms with E-state index >= 15 is 0 Å². The maximum absolute atomic E-state index is 13.1. The van der Waals surface area contributed by atoms with Gasteiger partial charge in [0, 0.05) is 23.4 Å². The van der Waals surface area contributed by atoms with Crippen LogP contribution in [0.15, 0.2) is 87.7 Å². The van der Waals surface area contributed by atoms with Crippen molar-refractivity contribution >= 4 is 17.7 Å². The van der Waals surface area contributed by atoms with Gasteiger partial charge in [-0.25, -0.2) is 9.18 Å². The van der Waals surface area contributed by atoms with Crippen LogP contribution in [0, 0.1) is 5.82 Å². The predicted octanol–water partition coefficient (Wildman–Crippen LogP) is 2.28. The highest BCUT2D eigenvalue weighted by atomic mass is 19.1. The van der Waals surface area contributed by atoms with Crippen molar-refractivity contribution in [2.45, 2.75) is 25.2 Å². The van der Waals surface area contributed by atoms with Gasteiger partial charge in [-0.15, -0.1) is 0 Å². The molecule has 1 aliphatic heterocycles. The molecule has 38 heavy (non-hydrogen) atoms. The molecule has 4 rings (SSSR count). The number of rotatable bonds is 9. The Labute approximate surface area is 214 Å². The molecule has 3 aromatic rings. The van der Waals surface area contributed by atoms with Gasteiger partial charge in [-0.2, -0.15) is 0 Å². The molecular weight excluding hydrogens is 501 g/mol. The molecule has 196 valence electrons. The minimum Gasteiger partial charge on any atom is -0.463 e. The molecule has 1 aliphatic rings. The highest BCUT2D eigenvalue weighted by molar-refractivity contribution is 6.12. The van der Waals surface area contributed by atoms with E-state index in [4.69, 9.17) is 14.2 Å². The average Bonchev–Trinajstić information content (AvgIpc) is 3.37. The fraction of sp³-hybridized carbons (Fsp3) is 0.192. The zero-order chi connectivity index (χ0) is 27.1. The summed E-state index contributed by atoms with van der Waals surface area (Å²) in [6.45, 7) is -0.122. The SMILES string of the molecule is O=C(CCC(=O)Oc1ccc(/C(=N/O)c2ccc(F)cc2)cc1)OCC1C=CC(n2ccc(=O)[nH]c2=O)O1. The van der Waals surface area contributed by atoms with E-state index in [1.807, 2.05) is 0 Å². The Kier molecular flexibility index (Phi) is 8.23. The van der Waals surface area contributed by atoms with Crippen molar-refractivity contribution in [3.63, 3.8) is 0 Å². The van der Waals surface area contributed by atoms with Crippen LogP contribution < -0.4 is 16.0 Å². The molecule has 0 spiro atoms. The minimum absolute atomic E-state index is 0.122. The molecule has 0 radical (unpaired) electrons. The van der Waals surface area contributed by atoms with E-state index in [1.54, 1.807) is 24.3 Å². The lowest BCUT2D eigenvalue weighted by Gasteiger charge is -2.15. The van der Waals surface area contributed by atoms with Gasteiger partial charge >= 0.3 is 17.6 Å². The topological polar surface area (TPSA) is 149 Å². The van der Waals surface area contributed by atoms with Crippen molar-refractivity contribution < 1.29 is 33.4 Å². The number of nitrogens with zero attached hydrogens (tertiary/aromatic N) is 2. The third-order valence-electron chi connectivity index (χ3n) is 5.45. The molecule has 2 aromatic carbocycles. The van der Waals surface area contributed by atoms with Gasteiger partial charge < -0.3 is 19.4 Å². The molecular formula is C26H22FN3O8. The van der Waals surface area contributed by atoms with Crippen molar-refractivity contribution in [3.8, 4) is 5.75 Å². The van der Waals surface area contributed by atoms with E-state index in [-0.39, 0.29) is 30.9 Å². The lowest BCUT2D eigenvalue weighted by Crippen LogP contribution is -2.32. The van der Waals surface area contributed by atoms with Gasteiger partial charge in [-0.05, 0) is 54.6 Å². The maximum Gasteiger partial charge on any atom is 0.330 e. The van der Waals surface area contributed by atoms with E-state index in [9.17, 15) is 28.8 Å². The van der Waals surface area contributed by atoms with E-state index in [1.165, 1.54) is 53.2 Å². The highest BCUT2D eigenvalue weighted by Gasteiger charge is 2.23. The first kappa shape index (κ1) is 26.2. The van der Waals surface area contributed by atoms with Gasteiger partial charge in [0.2, 0.25) is 0 Å².